The van der Waals surface area contributed by atoms with Crippen LogP contribution in [0.2, 0.25) is 0 Å². The second-order valence-corrected chi connectivity index (χ2v) is 6.35. The number of fused-ring (bicyclic) bond motifs is 1. The minimum absolute atomic E-state index is 0.0473. The van der Waals surface area contributed by atoms with Gasteiger partial charge in [-0.05, 0) is 24.0 Å². The standard InChI is InChI=1S/C19H20N2O6/c1-26-16-9-13(15(21(24)25)10-17(16)27-2)18(22)20-11-19(23)8-7-12-5-3-4-6-14(12)19/h3-6,9-10,23H,7-8,11H2,1-2H3,(H,20,22). The van der Waals surface area contributed by atoms with E-state index in [1.54, 1.807) is 0 Å². The first-order valence-electron chi connectivity index (χ1n) is 8.39. The molecule has 0 radical (unpaired) electrons. The molecule has 2 aromatic rings. The molecule has 2 aromatic carbocycles. The molecule has 0 aromatic heterocycles. The highest BCUT2D eigenvalue weighted by Crippen LogP contribution is 2.37. The van der Waals surface area contributed by atoms with Gasteiger partial charge >= 0.3 is 0 Å². The number of nitrogens with zero attached hydrogens (tertiary/aromatic N) is 1. The zero-order valence-electron chi connectivity index (χ0n) is 15.0. The first-order chi connectivity index (χ1) is 12.9. The summed E-state index contributed by atoms with van der Waals surface area (Å²) in [7, 11) is 2.73. The van der Waals surface area contributed by atoms with E-state index in [1.165, 1.54) is 20.3 Å². The second kappa shape index (κ2) is 7.24. The first kappa shape index (κ1) is 18.7. The lowest BCUT2D eigenvalue weighted by molar-refractivity contribution is -0.385. The molecule has 0 aliphatic heterocycles. The monoisotopic (exact) mass is 372 g/mol. The number of rotatable bonds is 6. The van der Waals surface area contributed by atoms with Crippen LogP contribution in [0.5, 0.6) is 11.5 Å². The van der Waals surface area contributed by atoms with Crippen molar-refractivity contribution in [1.82, 2.24) is 5.32 Å². The fourth-order valence-corrected chi connectivity index (χ4v) is 3.37. The predicted molar refractivity (Wildman–Crippen MR) is 97.2 cm³/mol. The smallest absolute Gasteiger partial charge is 0.286 e. The summed E-state index contributed by atoms with van der Waals surface area (Å²) in [5, 5.41) is 24.9. The normalized spacial score (nSPS) is 17.9. The van der Waals surface area contributed by atoms with Gasteiger partial charge in [0.25, 0.3) is 11.6 Å². The van der Waals surface area contributed by atoms with Gasteiger partial charge in [0.2, 0.25) is 0 Å². The highest BCUT2D eigenvalue weighted by atomic mass is 16.6. The maximum Gasteiger partial charge on any atom is 0.286 e. The Morgan fingerprint density at radius 3 is 2.59 bits per heavy atom. The molecule has 1 unspecified atom stereocenters. The summed E-state index contributed by atoms with van der Waals surface area (Å²) in [6, 6.07) is 9.90. The summed E-state index contributed by atoms with van der Waals surface area (Å²) in [4.78, 5) is 23.3. The number of nitro benzene ring substituents is 1. The van der Waals surface area contributed by atoms with Crippen LogP contribution in [0.3, 0.4) is 0 Å². The van der Waals surface area contributed by atoms with Crippen molar-refractivity contribution in [2.75, 3.05) is 20.8 Å². The largest absolute Gasteiger partial charge is 0.493 e. The van der Waals surface area contributed by atoms with E-state index in [9.17, 15) is 20.0 Å². The molecule has 0 saturated carbocycles. The van der Waals surface area contributed by atoms with E-state index in [-0.39, 0.29) is 23.6 Å². The Morgan fingerprint density at radius 2 is 1.93 bits per heavy atom. The van der Waals surface area contributed by atoms with Crippen molar-refractivity contribution in [1.29, 1.82) is 0 Å². The third-order valence-electron chi connectivity index (χ3n) is 4.81. The number of aliphatic hydroxyl groups is 1. The van der Waals surface area contributed by atoms with Gasteiger partial charge in [-0.25, -0.2) is 0 Å². The summed E-state index contributed by atoms with van der Waals surface area (Å²) < 4.78 is 10.2. The molecule has 2 N–H and O–H groups in total. The average Bonchev–Trinajstić information content (AvgIpc) is 3.02. The second-order valence-electron chi connectivity index (χ2n) is 6.35. The fourth-order valence-electron chi connectivity index (χ4n) is 3.37. The van der Waals surface area contributed by atoms with E-state index >= 15 is 0 Å². The number of aryl methyl sites for hydroxylation is 1. The Hall–Kier alpha value is -3.13. The van der Waals surface area contributed by atoms with Crippen LogP contribution in [0, 0.1) is 10.1 Å². The van der Waals surface area contributed by atoms with Crippen LogP contribution in [0.4, 0.5) is 5.69 Å². The molecule has 1 atom stereocenters. The van der Waals surface area contributed by atoms with Crippen LogP contribution in [-0.2, 0) is 12.0 Å². The van der Waals surface area contributed by atoms with Gasteiger partial charge in [-0.2, -0.15) is 0 Å². The van der Waals surface area contributed by atoms with Gasteiger partial charge in [0.15, 0.2) is 11.5 Å². The van der Waals surface area contributed by atoms with Crippen molar-refractivity contribution >= 4 is 11.6 Å². The van der Waals surface area contributed by atoms with Crippen molar-refractivity contribution in [3.63, 3.8) is 0 Å². The molecule has 0 bridgehead atoms. The van der Waals surface area contributed by atoms with Crippen molar-refractivity contribution in [3.05, 3.63) is 63.2 Å². The van der Waals surface area contributed by atoms with Gasteiger partial charge in [0.1, 0.15) is 11.2 Å². The lowest BCUT2D eigenvalue weighted by Crippen LogP contribution is -2.39. The molecule has 8 heteroatoms. The van der Waals surface area contributed by atoms with E-state index in [4.69, 9.17) is 9.47 Å². The molecule has 27 heavy (non-hydrogen) atoms. The molecule has 0 fully saturated rings. The van der Waals surface area contributed by atoms with Gasteiger partial charge in [-0.15, -0.1) is 0 Å². The van der Waals surface area contributed by atoms with Gasteiger partial charge in [0.05, 0.1) is 31.8 Å². The molecule has 8 nitrogen and oxygen atoms in total. The van der Waals surface area contributed by atoms with Crippen LogP contribution < -0.4 is 14.8 Å². The van der Waals surface area contributed by atoms with Crippen molar-refractivity contribution in [2.24, 2.45) is 0 Å². The summed E-state index contributed by atoms with van der Waals surface area (Å²) in [5.74, 6) is -0.303. The molecule has 1 aliphatic rings. The number of benzene rings is 2. The molecular formula is C19H20N2O6. The number of nitrogens with one attached hydrogen (secondary N) is 1. The predicted octanol–water partition coefficient (Wildman–Crippen LogP) is 2.18. The summed E-state index contributed by atoms with van der Waals surface area (Å²) in [5.41, 5.74) is 0.0485. The molecule has 1 amide bonds. The van der Waals surface area contributed by atoms with Crippen molar-refractivity contribution < 1.29 is 24.3 Å². The molecule has 3 rings (SSSR count). The van der Waals surface area contributed by atoms with E-state index < -0.39 is 22.1 Å². The molecule has 0 heterocycles. The number of amides is 1. The maximum absolute atomic E-state index is 12.6. The third-order valence-corrected chi connectivity index (χ3v) is 4.81. The number of hydrogen-bond acceptors (Lipinski definition) is 6. The third kappa shape index (κ3) is 3.43. The minimum Gasteiger partial charge on any atom is -0.493 e. The Labute approximate surface area is 155 Å². The first-order valence-corrected chi connectivity index (χ1v) is 8.39. The van der Waals surface area contributed by atoms with Crippen LogP contribution in [0.25, 0.3) is 0 Å². The van der Waals surface area contributed by atoms with Crippen LogP contribution in [0.15, 0.2) is 36.4 Å². The van der Waals surface area contributed by atoms with Crippen molar-refractivity contribution in [3.8, 4) is 11.5 Å². The number of hydrogen-bond donors (Lipinski definition) is 2. The van der Waals surface area contributed by atoms with Crippen LogP contribution >= 0.6 is 0 Å². The zero-order chi connectivity index (χ0) is 19.6. The topological polar surface area (TPSA) is 111 Å². The summed E-state index contributed by atoms with van der Waals surface area (Å²) >= 11 is 0. The van der Waals surface area contributed by atoms with E-state index in [2.05, 4.69) is 5.32 Å². The highest BCUT2D eigenvalue weighted by Gasteiger charge is 2.37. The SMILES string of the molecule is COc1cc(C(=O)NCC2(O)CCc3ccccc32)c([N+](=O)[O-])cc1OC. The number of methoxy groups -OCH3 is 2. The molecule has 0 spiro atoms. The average molecular weight is 372 g/mol. The number of carbonyl (C=O) groups excluding carboxylic acids is 1. The van der Waals surface area contributed by atoms with Gasteiger partial charge in [-0.1, -0.05) is 24.3 Å². The molecule has 0 saturated heterocycles. The highest BCUT2D eigenvalue weighted by molar-refractivity contribution is 5.99. The number of carbonyl (C=O) groups is 1. The summed E-state index contributed by atoms with van der Waals surface area (Å²) in [6.07, 6.45) is 1.18. The molecule has 142 valence electrons. The zero-order valence-corrected chi connectivity index (χ0v) is 15.0. The minimum atomic E-state index is -1.20. The van der Waals surface area contributed by atoms with Crippen LogP contribution in [0.1, 0.15) is 27.9 Å². The van der Waals surface area contributed by atoms with Crippen LogP contribution in [-0.4, -0.2) is 36.7 Å². The van der Waals surface area contributed by atoms with Gasteiger partial charge < -0.3 is 19.9 Å². The Morgan fingerprint density at radius 1 is 1.26 bits per heavy atom. The van der Waals surface area contributed by atoms with Gasteiger partial charge in [0, 0.05) is 6.07 Å². The lowest BCUT2D eigenvalue weighted by Gasteiger charge is -2.24. The van der Waals surface area contributed by atoms with Gasteiger partial charge in [-0.3, -0.25) is 14.9 Å². The lowest BCUT2D eigenvalue weighted by atomic mass is 9.96. The molecule has 1 aliphatic carbocycles. The Kier molecular flexibility index (Phi) is 5.00. The Bertz CT molecular complexity index is 898. The van der Waals surface area contributed by atoms with E-state index in [0.717, 1.165) is 17.2 Å². The Balaban J connectivity index is 1.85. The maximum atomic E-state index is 12.6. The van der Waals surface area contributed by atoms with Crippen molar-refractivity contribution in [2.45, 2.75) is 18.4 Å². The number of nitro groups is 1. The summed E-state index contributed by atoms with van der Waals surface area (Å²) in [6.45, 7) is -0.0473. The van der Waals surface area contributed by atoms with E-state index in [0.29, 0.717) is 12.8 Å². The van der Waals surface area contributed by atoms with E-state index in [1.807, 2.05) is 24.3 Å². The number of ether oxygens (including phenoxy) is 2. The molecular weight excluding hydrogens is 352 g/mol. The fraction of sp³-hybridized carbons (Fsp3) is 0.316. The quantitative estimate of drug-likeness (QED) is 0.594.